The molecule has 4 aromatic rings. The molecule has 0 radical (unpaired) electrons. The molecule has 1 amide bonds. The Morgan fingerprint density at radius 3 is 2.50 bits per heavy atom. The van der Waals surface area contributed by atoms with Crippen LogP contribution in [0.4, 0.5) is 5.69 Å². The van der Waals surface area contributed by atoms with Crippen LogP contribution in [0, 0.1) is 5.92 Å². The number of amidine groups is 1. The van der Waals surface area contributed by atoms with Gasteiger partial charge < -0.3 is 4.74 Å². The number of rotatable bonds is 6. The zero-order chi connectivity index (χ0) is 27.5. The van der Waals surface area contributed by atoms with Crippen LogP contribution in [0.25, 0.3) is 16.8 Å². The minimum atomic E-state index is 0.0232. The lowest BCUT2D eigenvalue weighted by Gasteiger charge is -2.35. The van der Waals surface area contributed by atoms with Gasteiger partial charge in [0, 0.05) is 16.6 Å². The summed E-state index contributed by atoms with van der Waals surface area (Å²) in [6, 6.07) is 30.0. The summed E-state index contributed by atoms with van der Waals surface area (Å²) >= 11 is 7.53. The molecule has 1 heterocycles. The number of nitrogens with zero attached hydrogens (tertiary/aromatic N) is 2. The van der Waals surface area contributed by atoms with E-state index in [9.17, 15) is 4.79 Å². The number of halogens is 1. The van der Waals surface area contributed by atoms with Crippen LogP contribution in [0.5, 0.6) is 5.75 Å². The van der Waals surface area contributed by atoms with Gasteiger partial charge in [-0.1, -0.05) is 92.0 Å². The maximum Gasteiger partial charge on any atom is 0.267 e. The lowest BCUT2D eigenvalue weighted by atomic mass is 9.85. The first-order valence-corrected chi connectivity index (χ1v) is 15.0. The van der Waals surface area contributed by atoms with Crippen LogP contribution >= 0.6 is 23.4 Å². The number of amides is 1. The van der Waals surface area contributed by atoms with Crippen molar-refractivity contribution in [2.24, 2.45) is 10.9 Å². The summed E-state index contributed by atoms with van der Waals surface area (Å²) in [6.07, 6.45) is 6.47. The molecule has 6 rings (SSSR count). The van der Waals surface area contributed by atoms with Crippen LogP contribution in [-0.4, -0.2) is 22.0 Å². The van der Waals surface area contributed by atoms with Crippen LogP contribution in [0.3, 0.4) is 0 Å². The molecule has 0 spiro atoms. The molecule has 4 nitrogen and oxygen atoms in total. The Hall–Kier alpha value is -3.54. The van der Waals surface area contributed by atoms with Gasteiger partial charge in [0.05, 0.1) is 10.6 Å². The summed E-state index contributed by atoms with van der Waals surface area (Å²) in [7, 11) is 0. The van der Waals surface area contributed by atoms with E-state index >= 15 is 0 Å². The lowest BCUT2D eigenvalue weighted by Crippen LogP contribution is -2.44. The summed E-state index contributed by atoms with van der Waals surface area (Å²) in [5.41, 5.74) is 2.78. The molecule has 1 saturated heterocycles. The highest BCUT2D eigenvalue weighted by Gasteiger charge is 2.41. The summed E-state index contributed by atoms with van der Waals surface area (Å²) < 4.78 is 6.35. The first-order valence-electron chi connectivity index (χ1n) is 13.8. The molecule has 2 fully saturated rings. The Morgan fingerprint density at radius 1 is 0.950 bits per heavy atom. The Kier molecular flexibility index (Phi) is 7.94. The molecule has 2 aliphatic rings. The van der Waals surface area contributed by atoms with Gasteiger partial charge in [-0.25, -0.2) is 4.99 Å². The number of carbonyl (C=O) groups excluding carboxylic acids is 1. The van der Waals surface area contributed by atoms with Gasteiger partial charge in [-0.3, -0.25) is 9.69 Å². The highest BCUT2D eigenvalue weighted by Crippen LogP contribution is 2.42. The van der Waals surface area contributed by atoms with Crippen molar-refractivity contribution in [3.05, 3.63) is 112 Å². The van der Waals surface area contributed by atoms with Crippen molar-refractivity contribution in [3.63, 3.8) is 0 Å². The second-order valence-electron chi connectivity index (χ2n) is 10.5. The second-order valence-corrected chi connectivity index (χ2v) is 11.9. The number of aliphatic imine (C=N–C) groups is 1. The molecular formula is C34H31ClN2O2S. The molecule has 6 heteroatoms. The first kappa shape index (κ1) is 26.7. The fraction of sp³-hybridized carbons (Fsp3) is 0.235. The summed E-state index contributed by atoms with van der Waals surface area (Å²) in [5.74, 6) is 1.19. The van der Waals surface area contributed by atoms with Gasteiger partial charge in [0.15, 0.2) is 5.17 Å². The van der Waals surface area contributed by atoms with Gasteiger partial charge in [-0.05, 0) is 83.3 Å². The first-order chi connectivity index (χ1) is 19.6. The molecule has 1 saturated carbocycles. The van der Waals surface area contributed by atoms with E-state index in [1.54, 1.807) is 0 Å². The van der Waals surface area contributed by atoms with Crippen molar-refractivity contribution in [1.82, 2.24) is 4.90 Å². The molecule has 1 aliphatic heterocycles. The molecule has 0 N–H and O–H groups in total. The Labute approximate surface area is 244 Å². The summed E-state index contributed by atoms with van der Waals surface area (Å²) in [5, 5.41) is 3.59. The van der Waals surface area contributed by atoms with E-state index in [4.69, 9.17) is 21.3 Å². The largest absolute Gasteiger partial charge is 0.488 e. The zero-order valence-electron chi connectivity index (χ0n) is 22.4. The number of hydrogen-bond donors (Lipinski definition) is 0. The molecule has 40 heavy (non-hydrogen) atoms. The molecule has 0 unspecified atom stereocenters. The fourth-order valence-corrected chi connectivity index (χ4v) is 6.73. The van der Waals surface area contributed by atoms with Gasteiger partial charge in [-0.2, -0.15) is 0 Å². The van der Waals surface area contributed by atoms with Crippen molar-refractivity contribution in [2.45, 2.75) is 45.3 Å². The standard InChI is InChI=1S/C34H31ClN2O2S/c1-23-9-5-8-14-30(23)37-33(38)32(40-34(37)36-27-11-3-2-4-12-27)21-29-28-13-7-6-10-25(28)17-20-31(29)39-22-24-15-18-26(35)19-16-24/h2-4,6-7,10-13,15-21,23,30H,5,8-9,14,22H2,1H3/b32-21-,36-34?/t23-,30+/m0/s1. The van der Waals surface area contributed by atoms with E-state index in [1.807, 2.05) is 83.8 Å². The van der Waals surface area contributed by atoms with Crippen LogP contribution in [0.1, 0.15) is 43.7 Å². The van der Waals surface area contributed by atoms with E-state index in [-0.39, 0.29) is 11.9 Å². The van der Waals surface area contributed by atoms with E-state index in [0.29, 0.717) is 22.5 Å². The number of hydrogen-bond acceptors (Lipinski definition) is 4. The maximum atomic E-state index is 14.1. The molecule has 2 atom stereocenters. The molecule has 0 aromatic heterocycles. The highest BCUT2D eigenvalue weighted by molar-refractivity contribution is 8.18. The second kappa shape index (κ2) is 11.9. The predicted molar refractivity (Wildman–Crippen MR) is 167 cm³/mol. The number of carbonyl (C=O) groups is 1. The quantitative estimate of drug-likeness (QED) is 0.218. The number of para-hydroxylation sites is 1. The normalized spacial score (nSPS) is 21.4. The molecular weight excluding hydrogens is 536 g/mol. The molecule has 0 bridgehead atoms. The summed E-state index contributed by atoms with van der Waals surface area (Å²) in [4.78, 5) is 21.7. The zero-order valence-corrected chi connectivity index (χ0v) is 24.0. The van der Waals surface area contributed by atoms with Gasteiger partial charge in [0.2, 0.25) is 0 Å². The smallest absolute Gasteiger partial charge is 0.267 e. The Morgan fingerprint density at radius 2 is 1.70 bits per heavy atom. The molecule has 4 aromatic carbocycles. The number of fused-ring (bicyclic) bond motifs is 1. The fourth-order valence-electron chi connectivity index (χ4n) is 5.57. The van der Waals surface area contributed by atoms with Crippen LogP contribution < -0.4 is 4.74 Å². The van der Waals surface area contributed by atoms with E-state index in [0.717, 1.165) is 57.8 Å². The topological polar surface area (TPSA) is 41.9 Å². The summed E-state index contributed by atoms with van der Waals surface area (Å²) in [6.45, 7) is 2.66. The molecule has 202 valence electrons. The van der Waals surface area contributed by atoms with Gasteiger partial charge >= 0.3 is 0 Å². The lowest BCUT2D eigenvalue weighted by molar-refractivity contribution is -0.124. The monoisotopic (exact) mass is 566 g/mol. The minimum absolute atomic E-state index is 0.0232. The Bertz CT molecular complexity index is 1580. The van der Waals surface area contributed by atoms with Crippen LogP contribution in [-0.2, 0) is 11.4 Å². The van der Waals surface area contributed by atoms with Crippen molar-refractivity contribution < 1.29 is 9.53 Å². The highest BCUT2D eigenvalue weighted by atomic mass is 35.5. The maximum absolute atomic E-state index is 14.1. The van der Waals surface area contributed by atoms with Crippen molar-refractivity contribution in [2.75, 3.05) is 0 Å². The SMILES string of the molecule is C[C@H]1CCCC[C@H]1N1C(=O)/C(=C/c2c(OCc3ccc(Cl)cc3)ccc3ccccc23)SC1=Nc1ccccc1. The molecule has 1 aliphatic carbocycles. The third-order valence-corrected chi connectivity index (χ3v) is 8.96. The van der Waals surface area contributed by atoms with Crippen molar-refractivity contribution in [3.8, 4) is 5.75 Å². The van der Waals surface area contributed by atoms with Crippen molar-refractivity contribution in [1.29, 1.82) is 0 Å². The third-order valence-electron chi connectivity index (χ3n) is 7.73. The van der Waals surface area contributed by atoms with Gasteiger partial charge in [0.25, 0.3) is 5.91 Å². The van der Waals surface area contributed by atoms with E-state index in [2.05, 4.69) is 25.1 Å². The van der Waals surface area contributed by atoms with Crippen LogP contribution in [0.2, 0.25) is 5.02 Å². The average molecular weight is 567 g/mol. The van der Waals surface area contributed by atoms with Crippen molar-refractivity contribution >= 4 is 57.0 Å². The average Bonchev–Trinajstić information content (AvgIpc) is 3.28. The number of ether oxygens (including phenoxy) is 1. The Balaban J connectivity index is 1.40. The third kappa shape index (κ3) is 5.67. The minimum Gasteiger partial charge on any atom is -0.488 e. The van der Waals surface area contributed by atoms with Gasteiger partial charge in [-0.15, -0.1) is 0 Å². The number of benzene rings is 4. The number of thioether (sulfide) groups is 1. The van der Waals surface area contributed by atoms with Crippen LogP contribution in [0.15, 0.2) is 101 Å². The predicted octanol–water partition coefficient (Wildman–Crippen LogP) is 9.25. The van der Waals surface area contributed by atoms with E-state index < -0.39 is 0 Å². The van der Waals surface area contributed by atoms with E-state index in [1.165, 1.54) is 18.2 Å². The van der Waals surface area contributed by atoms with Gasteiger partial charge in [0.1, 0.15) is 12.4 Å².